The zero-order chi connectivity index (χ0) is 15.0. The van der Waals surface area contributed by atoms with Crippen molar-refractivity contribution in [1.82, 2.24) is 19.6 Å². The van der Waals surface area contributed by atoms with Gasteiger partial charge in [-0.15, -0.1) is 5.10 Å². The molecule has 6 nitrogen and oxygen atoms in total. The van der Waals surface area contributed by atoms with Gasteiger partial charge in [0.2, 0.25) is 0 Å². The van der Waals surface area contributed by atoms with E-state index < -0.39 is 0 Å². The van der Waals surface area contributed by atoms with Gasteiger partial charge in [0, 0.05) is 31.4 Å². The molecule has 0 aliphatic heterocycles. The molecule has 0 aliphatic rings. The molecule has 0 radical (unpaired) electrons. The van der Waals surface area contributed by atoms with E-state index in [-0.39, 0.29) is 0 Å². The average Bonchev–Trinajstić information content (AvgIpc) is 2.90. The second-order valence-electron chi connectivity index (χ2n) is 5.03. The van der Waals surface area contributed by atoms with Gasteiger partial charge < -0.3 is 9.64 Å². The number of rotatable bonds is 3. The highest BCUT2D eigenvalue weighted by atomic mass is 16.5. The van der Waals surface area contributed by atoms with Crippen LogP contribution in [0.2, 0.25) is 0 Å². The molecule has 0 bridgehead atoms. The number of benzene rings is 1. The molecular weight excluding hydrogens is 266 g/mol. The summed E-state index contributed by atoms with van der Waals surface area (Å²) >= 11 is 0. The van der Waals surface area contributed by atoms with Gasteiger partial charge in [-0.05, 0) is 31.2 Å². The molecule has 0 amide bonds. The van der Waals surface area contributed by atoms with Gasteiger partial charge in [0.1, 0.15) is 11.6 Å². The lowest BCUT2D eigenvalue weighted by Gasteiger charge is -2.13. The highest BCUT2D eigenvalue weighted by molar-refractivity contribution is 5.59. The smallest absolute Gasteiger partial charge is 0.254 e. The summed E-state index contributed by atoms with van der Waals surface area (Å²) in [5.41, 5.74) is 1.85. The maximum Gasteiger partial charge on any atom is 0.254 e. The molecule has 3 rings (SSSR count). The zero-order valence-electron chi connectivity index (χ0n) is 12.5. The first-order valence-corrected chi connectivity index (χ1v) is 6.64. The van der Waals surface area contributed by atoms with Crippen molar-refractivity contribution < 1.29 is 4.74 Å². The van der Waals surface area contributed by atoms with E-state index in [1.165, 1.54) is 0 Å². The Morgan fingerprint density at radius 2 is 1.81 bits per heavy atom. The van der Waals surface area contributed by atoms with Gasteiger partial charge >= 0.3 is 0 Å². The Labute approximate surface area is 123 Å². The summed E-state index contributed by atoms with van der Waals surface area (Å²) in [5, 5.41) is 4.56. The molecule has 2 aromatic heterocycles. The molecule has 108 valence electrons. The molecule has 0 saturated carbocycles. The standard InChI is InChI=1S/C15H17N5O/c1-10-9-13(19(2)3)20-15(16-10)17-14(18-20)11-5-7-12(21-4)8-6-11/h5-9H,1-4H3. The minimum atomic E-state index is 0.601. The molecule has 2 heterocycles. The molecule has 1 aromatic carbocycles. The monoisotopic (exact) mass is 283 g/mol. The SMILES string of the molecule is COc1ccc(-c2nc3nc(C)cc(N(C)C)n3n2)cc1. The van der Waals surface area contributed by atoms with E-state index in [0.29, 0.717) is 11.6 Å². The van der Waals surface area contributed by atoms with Crippen molar-refractivity contribution in [1.29, 1.82) is 0 Å². The van der Waals surface area contributed by atoms with Crippen LogP contribution in [0, 0.1) is 6.92 Å². The van der Waals surface area contributed by atoms with E-state index in [1.54, 1.807) is 11.6 Å². The van der Waals surface area contributed by atoms with Crippen molar-refractivity contribution in [3.05, 3.63) is 36.0 Å². The van der Waals surface area contributed by atoms with E-state index in [4.69, 9.17) is 4.74 Å². The van der Waals surface area contributed by atoms with Crippen LogP contribution in [0.15, 0.2) is 30.3 Å². The quantitative estimate of drug-likeness (QED) is 0.737. The Morgan fingerprint density at radius 3 is 2.43 bits per heavy atom. The number of aryl methyl sites for hydroxylation is 1. The molecule has 0 N–H and O–H groups in total. The van der Waals surface area contributed by atoms with E-state index in [0.717, 1.165) is 22.8 Å². The number of hydrogen-bond acceptors (Lipinski definition) is 5. The van der Waals surface area contributed by atoms with Crippen molar-refractivity contribution in [3.8, 4) is 17.1 Å². The molecule has 21 heavy (non-hydrogen) atoms. The van der Waals surface area contributed by atoms with E-state index in [1.807, 2.05) is 56.3 Å². The van der Waals surface area contributed by atoms with Crippen LogP contribution in [0.3, 0.4) is 0 Å². The maximum absolute atomic E-state index is 5.17. The lowest BCUT2D eigenvalue weighted by Crippen LogP contribution is -2.14. The predicted molar refractivity (Wildman–Crippen MR) is 81.8 cm³/mol. The fourth-order valence-electron chi connectivity index (χ4n) is 2.15. The van der Waals surface area contributed by atoms with Crippen molar-refractivity contribution in [2.24, 2.45) is 0 Å². The minimum absolute atomic E-state index is 0.601. The molecular formula is C15H17N5O. The molecule has 6 heteroatoms. The number of aromatic nitrogens is 4. The van der Waals surface area contributed by atoms with Gasteiger partial charge in [-0.2, -0.15) is 9.50 Å². The Hall–Kier alpha value is -2.63. The third-order valence-electron chi connectivity index (χ3n) is 3.23. The lowest BCUT2D eigenvalue weighted by molar-refractivity contribution is 0.415. The van der Waals surface area contributed by atoms with Crippen LogP contribution in [0.4, 0.5) is 5.82 Å². The van der Waals surface area contributed by atoms with Crippen LogP contribution in [0.25, 0.3) is 17.2 Å². The highest BCUT2D eigenvalue weighted by Crippen LogP contribution is 2.22. The van der Waals surface area contributed by atoms with E-state index in [2.05, 4.69) is 15.1 Å². The molecule has 3 aromatic rings. The minimum Gasteiger partial charge on any atom is -0.497 e. The van der Waals surface area contributed by atoms with E-state index in [9.17, 15) is 0 Å². The third kappa shape index (κ3) is 2.40. The van der Waals surface area contributed by atoms with Crippen LogP contribution in [-0.4, -0.2) is 40.8 Å². The molecule has 0 atom stereocenters. The maximum atomic E-state index is 5.17. The molecule has 0 aliphatic carbocycles. The molecule has 0 saturated heterocycles. The largest absolute Gasteiger partial charge is 0.497 e. The van der Waals surface area contributed by atoms with Crippen LogP contribution in [-0.2, 0) is 0 Å². The third-order valence-corrected chi connectivity index (χ3v) is 3.23. The van der Waals surface area contributed by atoms with Crippen LogP contribution >= 0.6 is 0 Å². The number of fused-ring (bicyclic) bond motifs is 1. The highest BCUT2D eigenvalue weighted by Gasteiger charge is 2.12. The predicted octanol–water partition coefficient (Wildman–Crippen LogP) is 2.17. The number of hydrogen-bond donors (Lipinski definition) is 0. The van der Waals surface area contributed by atoms with Crippen LogP contribution in [0.5, 0.6) is 5.75 Å². The van der Waals surface area contributed by atoms with Gasteiger partial charge in [0.15, 0.2) is 5.82 Å². The van der Waals surface area contributed by atoms with Crippen LogP contribution < -0.4 is 9.64 Å². The first kappa shape index (κ1) is 13.4. The average molecular weight is 283 g/mol. The summed E-state index contributed by atoms with van der Waals surface area (Å²) in [4.78, 5) is 10.9. The summed E-state index contributed by atoms with van der Waals surface area (Å²) in [5.74, 6) is 3.01. The number of anilines is 1. The van der Waals surface area contributed by atoms with Gasteiger partial charge in [-0.1, -0.05) is 0 Å². The fourth-order valence-corrected chi connectivity index (χ4v) is 2.15. The van der Waals surface area contributed by atoms with Crippen LogP contribution in [0.1, 0.15) is 5.69 Å². The van der Waals surface area contributed by atoms with Gasteiger partial charge in [0.25, 0.3) is 5.78 Å². The van der Waals surface area contributed by atoms with Crippen molar-refractivity contribution in [3.63, 3.8) is 0 Å². The summed E-state index contributed by atoms with van der Waals surface area (Å²) in [6, 6.07) is 9.66. The number of nitrogens with zero attached hydrogens (tertiary/aromatic N) is 5. The first-order valence-electron chi connectivity index (χ1n) is 6.64. The second kappa shape index (κ2) is 5.05. The van der Waals surface area contributed by atoms with Gasteiger partial charge in [-0.3, -0.25) is 0 Å². The van der Waals surface area contributed by atoms with E-state index >= 15 is 0 Å². The summed E-state index contributed by atoms with van der Waals surface area (Å²) in [6.07, 6.45) is 0. The second-order valence-corrected chi connectivity index (χ2v) is 5.03. The summed E-state index contributed by atoms with van der Waals surface area (Å²) < 4.78 is 6.92. The Bertz CT molecular complexity index is 777. The molecule has 0 spiro atoms. The first-order chi connectivity index (χ1) is 10.1. The Kier molecular flexibility index (Phi) is 3.21. The lowest BCUT2D eigenvalue weighted by atomic mass is 10.2. The fraction of sp³-hybridized carbons (Fsp3) is 0.267. The Balaban J connectivity index is 2.13. The zero-order valence-corrected chi connectivity index (χ0v) is 12.5. The molecule has 0 fully saturated rings. The molecule has 0 unspecified atom stereocenters. The van der Waals surface area contributed by atoms with Gasteiger partial charge in [-0.25, -0.2) is 4.98 Å². The normalized spacial score (nSPS) is 10.9. The van der Waals surface area contributed by atoms with Gasteiger partial charge in [0.05, 0.1) is 7.11 Å². The van der Waals surface area contributed by atoms with Crippen molar-refractivity contribution in [2.75, 3.05) is 26.1 Å². The topological polar surface area (TPSA) is 55.6 Å². The number of methoxy groups -OCH3 is 1. The summed E-state index contributed by atoms with van der Waals surface area (Å²) in [7, 11) is 5.60. The summed E-state index contributed by atoms with van der Waals surface area (Å²) in [6.45, 7) is 1.95. The number of ether oxygens (including phenoxy) is 1. The van der Waals surface area contributed by atoms with Crippen molar-refractivity contribution in [2.45, 2.75) is 6.92 Å². The Morgan fingerprint density at radius 1 is 1.10 bits per heavy atom. The van der Waals surface area contributed by atoms with Crippen molar-refractivity contribution >= 4 is 11.6 Å².